The SMILES string of the molecule is CCC(C)C1(C)OB(c2ccc(-c3cnn(C)c3)nc2)OC1(C)C. The van der Waals surface area contributed by atoms with Crippen LogP contribution >= 0.6 is 0 Å². The van der Waals surface area contributed by atoms with E-state index < -0.39 is 0 Å². The number of pyridine rings is 1. The summed E-state index contributed by atoms with van der Waals surface area (Å²) in [6, 6.07) is 4.02. The van der Waals surface area contributed by atoms with E-state index in [1.54, 1.807) is 4.68 Å². The van der Waals surface area contributed by atoms with Crippen molar-refractivity contribution in [3.05, 3.63) is 30.7 Å². The molecule has 0 saturated carbocycles. The minimum atomic E-state index is -0.380. The molecule has 6 heteroatoms. The van der Waals surface area contributed by atoms with Crippen molar-refractivity contribution in [3.8, 4) is 11.3 Å². The number of nitrogens with zero attached hydrogens (tertiary/aromatic N) is 3. The van der Waals surface area contributed by atoms with Crippen molar-refractivity contribution in [1.29, 1.82) is 0 Å². The van der Waals surface area contributed by atoms with Crippen molar-refractivity contribution >= 4 is 12.6 Å². The molecule has 1 fully saturated rings. The van der Waals surface area contributed by atoms with Crippen LogP contribution in [0, 0.1) is 5.92 Å². The molecule has 1 aliphatic rings. The summed E-state index contributed by atoms with van der Waals surface area (Å²) < 4.78 is 14.4. The van der Waals surface area contributed by atoms with Gasteiger partial charge in [0, 0.05) is 30.5 Å². The Morgan fingerprint density at radius 1 is 1.21 bits per heavy atom. The van der Waals surface area contributed by atoms with E-state index in [1.165, 1.54) is 0 Å². The summed E-state index contributed by atoms with van der Waals surface area (Å²) in [7, 11) is 1.52. The van der Waals surface area contributed by atoms with Crippen molar-refractivity contribution in [2.75, 3.05) is 0 Å². The fraction of sp³-hybridized carbons (Fsp3) is 0.556. The maximum atomic E-state index is 6.37. The Morgan fingerprint density at radius 3 is 2.50 bits per heavy atom. The van der Waals surface area contributed by atoms with Crippen LogP contribution in [-0.4, -0.2) is 33.1 Å². The molecule has 5 nitrogen and oxygen atoms in total. The highest BCUT2D eigenvalue weighted by atomic mass is 16.7. The Labute approximate surface area is 144 Å². The van der Waals surface area contributed by atoms with E-state index >= 15 is 0 Å². The third-order valence-corrected chi connectivity index (χ3v) is 5.56. The van der Waals surface area contributed by atoms with Gasteiger partial charge in [0.1, 0.15) is 0 Å². The second-order valence-electron chi connectivity index (χ2n) is 7.37. The first-order valence-corrected chi connectivity index (χ1v) is 8.57. The average Bonchev–Trinajstić information content (AvgIpc) is 3.09. The van der Waals surface area contributed by atoms with Gasteiger partial charge in [-0.2, -0.15) is 5.10 Å². The second-order valence-corrected chi connectivity index (χ2v) is 7.37. The van der Waals surface area contributed by atoms with E-state index in [1.807, 2.05) is 37.8 Å². The first-order chi connectivity index (χ1) is 11.3. The van der Waals surface area contributed by atoms with Gasteiger partial charge in [-0.3, -0.25) is 9.67 Å². The molecule has 3 rings (SSSR count). The van der Waals surface area contributed by atoms with Crippen LogP contribution in [0.1, 0.15) is 41.0 Å². The summed E-state index contributed by atoms with van der Waals surface area (Å²) in [5, 5.41) is 4.19. The van der Waals surface area contributed by atoms with Gasteiger partial charge < -0.3 is 9.31 Å². The Kier molecular flexibility index (Phi) is 4.30. The molecule has 0 bridgehead atoms. The van der Waals surface area contributed by atoms with Crippen LogP contribution in [0.4, 0.5) is 0 Å². The van der Waals surface area contributed by atoms with Gasteiger partial charge in [-0.25, -0.2) is 0 Å². The molecule has 128 valence electrons. The molecule has 2 unspecified atom stereocenters. The van der Waals surface area contributed by atoms with Crippen molar-refractivity contribution in [3.63, 3.8) is 0 Å². The maximum absolute atomic E-state index is 6.37. The topological polar surface area (TPSA) is 49.2 Å². The molecule has 2 aromatic heterocycles. The minimum Gasteiger partial charge on any atom is -0.399 e. The molecule has 2 atom stereocenters. The van der Waals surface area contributed by atoms with E-state index in [9.17, 15) is 0 Å². The van der Waals surface area contributed by atoms with Crippen molar-refractivity contribution in [2.24, 2.45) is 13.0 Å². The molecular formula is C18H26BN3O2. The number of aromatic nitrogens is 3. The van der Waals surface area contributed by atoms with Crippen LogP contribution in [0.15, 0.2) is 30.7 Å². The molecular weight excluding hydrogens is 301 g/mol. The summed E-state index contributed by atoms with van der Waals surface area (Å²) in [4.78, 5) is 4.55. The predicted molar refractivity (Wildman–Crippen MR) is 95.9 cm³/mol. The highest BCUT2D eigenvalue weighted by Gasteiger charge is 2.56. The lowest BCUT2D eigenvalue weighted by atomic mass is 9.76. The lowest BCUT2D eigenvalue weighted by Gasteiger charge is -2.41. The Hall–Kier alpha value is -1.66. The largest absolute Gasteiger partial charge is 0.496 e. The van der Waals surface area contributed by atoms with Gasteiger partial charge in [0.15, 0.2) is 0 Å². The van der Waals surface area contributed by atoms with Crippen molar-refractivity contribution in [2.45, 2.75) is 52.2 Å². The third-order valence-electron chi connectivity index (χ3n) is 5.56. The molecule has 0 aliphatic carbocycles. The molecule has 1 aliphatic heterocycles. The van der Waals surface area contributed by atoms with Crippen LogP contribution in [0.2, 0.25) is 0 Å². The van der Waals surface area contributed by atoms with Crippen LogP contribution in [0.5, 0.6) is 0 Å². The molecule has 0 amide bonds. The number of aryl methyl sites for hydroxylation is 1. The summed E-state index contributed by atoms with van der Waals surface area (Å²) in [6.07, 6.45) is 6.65. The van der Waals surface area contributed by atoms with Gasteiger partial charge in [-0.05, 0) is 32.8 Å². The van der Waals surface area contributed by atoms with Crippen LogP contribution in [-0.2, 0) is 16.4 Å². The lowest BCUT2D eigenvalue weighted by molar-refractivity contribution is -0.0499. The van der Waals surface area contributed by atoms with Gasteiger partial charge >= 0.3 is 7.12 Å². The minimum absolute atomic E-state index is 0.325. The van der Waals surface area contributed by atoms with Gasteiger partial charge in [-0.1, -0.05) is 26.3 Å². The molecule has 0 radical (unpaired) electrons. The fourth-order valence-electron chi connectivity index (χ4n) is 3.28. The Morgan fingerprint density at radius 2 is 1.96 bits per heavy atom. The molecule has 0 spiro atoms. The fourth-order valence-corrected chi connectivity index (χ4v) is 3.28. The normalized spacial score (nSPS) is 24.3. The van der Waals surface area contributed by atoms with E-state index in [-0.39, 0.29) is 18.3 Å². The molecule has 0 aromatic carbocycles. The predicted octanol–water partition coefficient (Wildman–Crippen LogP) is 2.81. The Balaban J connectivity index is 1.83. The van der Waals surface area contributed by atoms with E-state index in [4.69, 9.17) is 9.31 Å². The second kappa shape index (κ2) is 6.01. The zero-order valence-corrected chi connectivity index (χ0v) is 15.4. The molecule has 1 saturated heterocycles. The third kappa shape index (κ3) is 2.78. The lowest BCUT2D eigenvalue weighted by Crippen LogP contribution is -2.49. The van der Waals surface area contributed by atoms with E-state index in [2.05, 4.69) is 44.7 Å². The van der Waals surface area contributed by atoms with Gasteiger partial charge in [0.2, 0.25) is 0 Å². The standard InChI is InChI=1S/C18H26BN3O2/c1-7-13(2)18(5)17(3,4)23-19(24-18)15-8-9-16(20-11-15)14-10-21-22(6)12-14/h8-13H,7H2,1-6H3. The molecule has 0 N–H and O–H groups in total. The first kappa shape index (κ1) is 17.2. The molecule has 24 heavy (non-hydrogen) atoms. The summed E-state index contributed by atoms with van der Waals surface area (Å²) in [5.41, 5.74) is 2.17. The number of hydrogen-bond acceptors (Lipinski definition) is 4. The van der Waals surface area contributed by atoms with Gasteiger partial charge in [0.25, 0.3) is 0 Å². The summed E-state index contributed by atoms with van der Waals surface area (Å²) in [5.74, 6) is 0.403. The first-order valence-electron chi connectivity index (χ1n) is 8.57. The van der Waals surface area contributed by atoms with E-state index in [0.717, 1.165) is 23.1 Å². The van der Waals surface area contributed by atoms with E-state index in [0.29, 0.717) is 5.92 Å². The van der Waals surface area contributed by atoms with Crippen LogP contribution < -0.4 is 5.46 Å². The summed E-state index contributed by atoms with van der Waals surface area (Å²) in [6.45, 7) is 10.8. The monoisotopic (exact) mass is 327 g/mol. The maximum Gasteiger partial charge on any atom is 0.496 e. The van der Waals surface area contributed by atoms with Crippen molar-refractivity contribution < 1.29 is 9.31 Å². The Bertz CT molecular complexity index is 713. The highest BCUT2D eigenvalue weighted by Crippen LogP contribution is 2.43. The smallest absolute Gasteiger partial charge is 0.399 e. The van der Waals surface area contributed by atoms with Crippen molar-refractivity contribution in [1.82, 2.24) is 14.8 Å². The number of hydrogen-bond donors (Lipinski definition) is 0. The van der Waals surface area contributed by atoms with Crippen LogP contribution in [0.3, 0.4) is 0 Å². The average molecular weight is 327 g/mol. The summed E-state index contributed by atoms with van der Waals surface area (Å²) >= 11 is 0. The molecule has 2 aromatic rings. The zero-order chi connectivity index (χ0) is 17.5. The highest BCUT2D eigenvalue weighted by molar-refractivity contribution is 6.62. The molecule has 3 heterocycles. The number of rotatable bonds is 4. The van der Waals surface area contributed by atoms with Gasteiger partial charge in [-0.15, -0.1) is 0 Å². The van der Waals surface area contributed by atoms with Crippen LogP contribution in [0.25, 0.3) is 11.3 Å². The quantitative estimate of drug-likeness (QED) is 0.810. The zero-order valence-electron chi connectivity index (χ0n) is 15.4. The van der Waals surface area contributed by atoms with Gasteiger partial charge in [0.05, 0.1) is 23.1 Å².